The van der Waals surface area contributed by atoms with E-state index in [1.54, 1.807) is 11.3 Å². The summed E-state index contributed by atoms with van der Waals surface area (Å²) in [5, 5.41) is 8.44. The minimum absolute atomic E-state index is 0.0860. The summed E-state index contributed by atoms with van der Waals surface area (Å²) in [6, 6.07) is 20.5. The fraction of sp³-hybridized carbons (Fsp3) is 0.486. The molecule has 2 aromatic heterocycles. The number of aromatic nitrogens is 2. The molecule has 0 saturated carbocycles. The van der Waals surface area contributed by atoms with Gasteiger partial charge in [0.1, 0.15) is 11.9 Å². The first-order valence-electron chi connectivity index (χ1n) is 16.7. The molecule has 1 aliphatic heterocycles. The van der Waals surface area contributed by atoms with Crippen molar-refractivity contribution >= 4 is 34.2 Å². The van der Waals surface area contributed by atoms with Gasteiger partial charge in [0.05, 0.1) is 11.0 Å². The number of piperidine rings is 1. The summed E-state index contributed by atoms with van der Waals surface area (Å²) in [7, 11) is 0. The van der Waals surface area contributed by atoms with Crippen molar-refractivity contribution < 1.29 is 9.59 Å². The Kier molecular flexibility index (Phi) is 11.5. The largest absolute Gasteiger partial charge is 0.351 e. The van der Waals surface area contributed by atoms with Crippen LogP contribution in [0.4, 0.5) is 0 Å². The second kappa shape index (κ2) is 15.7. The lowest BCUT2D eigenvalue weighted by molar-refractivity contribution is -0.124. The molecule has 1 saturated heterocycles. The molecule has 0 bridgehead atoms. The van der Waals surface area contributed by atoms with Gasteiger partial charge in [0, 0.05) is 48.6 Å². The fourth-order valence-electron chi connectivity index (χ4n) is 6.52. The molecule has 2 N–H and O–H groups in total. The zero-order chi connectivity index (χ0) is 31.8. The number of thiophene rings is 1. The van der Waals surface area contributed by atoms with Gasteiger partial charge in [-0.3, -0.25) is 9.59 Å². The molecule has 0 spiro atoms. The number of hydrogen-bond acceptors (Lipinski definition) is 5. The predicted molar refractivity (Wildman–Crippen MR) is 185 cm³/mol. The van der Waals surface area contributed by atoms with Gasteiger partial charge >= 0.3 is 0 Å². The van der Waals surface area contributed by atoms with Crippen molar-refractivity contribution in [2.45, 2.75) is 90.8 Å². The molecule has 1 aliphatic rings. The zero-order valence-corrected chi connectivity index (χ0v) is 28.1. The Labute approximate surface area is 272 Å². The lowest BCUT2D eigenvalue weighted by Gasteiger charge is -2.33. The number of nitrogens with zero attached hydrogens (tertiary/aromatic N) is 3. The number of amides is 2. The van der Waals surface area contributed by atoms with Crippen molar-refractivity contribution in [3.8, 4) is 0 Å². The third-order valence-electron chi connectivity index (χ3n) is 9.07. The molecule has 5 rings (SSSR count). The highest BCUT2D eigenvalue weighted by Gasteiger charge is 2.27. The Bertz CT molecular complexity index is 1520. The Hall–Kier alpha value is -3.49. The summed E-state index contributed by atoms with van der Waals surface area (Å²) in [6.07, 6.45) is 6.27. The maximum absolute atomic E-state index is 13.6. The summed E-state index contributed by atoms with van der Waals surface area (Å²) >= 11 is 1.74. The summed E-state index contributed by atoms with van der Waals surface area (Å²) in [4.78, 5) is 35.9. The van der Waals surface area contributed by atoms with Crippen molar-refractivity contribution in [2.75, 3.05) is 19.6 Å². The number of carbonyl (C=O) groups is 2. The molecule has 240 valence electrons. The molecule has 0 radical (unpaired) electrons. The molecule has 1 atom stereocenters. The summed E-state index contributed by atoms with van der Waals surface area (Å²) in [5.74, 6) is 0.975. The first-order valence-corrected chi connectivity index (χ1v) is 17.6. The molecule has 7 nitrogen and oxygen atoms in total. The Morgan fingerprint density at radius 3 is 2.42 bits per heavy atom. The SMILES string of the molecule is CCC(CC)n1c(Cc2cccs2)nc2cc(C(=O)N[C@@H](CC(C)C)C(=O)NC3CCN(CCc4ccccc4)CC3)ccc21. The number of rotatable bonds is 14. The van der Waals surface area contributed by atoms with E-state index >= 15 is 0 Å². The van der Waals surface area contributed by atoms with Crippen LogP contribution in [0.3, 0.4) is 0 Å². The molecule has 0 unspecified atom stereocenters. The number of fused-ring (bicyclic) bond motifs is 1. The molecule has 2 aromatic carbocycles. The van der Waals surface area contributed by atoms with Crippen LogP contribution in [0.1, 0.15) is 92.5 Å². The predicted octanol–water partition coefficient (Wildman–Crippen LogP) is 7.02. The van der Waals surface area contributed by atoms with E-state index in [0.717, 1.165) is 75.0 Å². The molecule has 45 heavy (non-hydrogen) atoms. The Morgan fingerprint density at radius 2 is 1.76 bits per heavy atom. The van der Waals surface area contributed by atoms with Crippen LogP contribution in [0.2, 0.25) is 0 Å². The minimum atomic E-state index is -0.583. The quantitative estimate of drug-likeness (QED) is 0.158. The normalized spacial score (nSPS) is 15.2. The highest BCUT2D eigenvalue weighted by Crippen LogP contribution is 2.28. The molecule has 2 amide bonds. The fourth-order valence-corrected chi connectivity index (χ4v) is 7.23. The van der Waals surface area contributed by atoms with Gasteiger partial charge in [0.15, 0.2) is 0 Å². The molecule has 1 fully saturated rings. The van der Waals surface area contributed by atoms with E-state index in [1.807, 2.05) is 18.2 Å². The van der Waals surface area contributed by atoms with Crippen LogP contribution in [-0.2, 0) is 17.6 Å². The van der Waals surface area contributed by atoms with E-state index in [9.17, 15) is 9.59 Å². The van der Waals surface area contributed by atoms with E-state index in [1.165, 1.54) is 10.4 Å². The van der Waals surface area contributed by atoms with Crippen molar-refractivity contribution in [1.29, 1.82) is 0 Å². The molecule has 0 aliphatic carbocycles. The summed E-state index contributed by atoms with van der Waals surface area (Å²) in [5.41, 5.74) is 3.77. The van der Waals surface area contributed by atoms with Gasteiger partial charge < -0.3 is 20.1 Å². The van der Waals surface area contributed by atoms with Crippen LogP contribution in [-0.4, -0.2) is 58.0 Å². The van der Waals surface area contributed by atoms with Gasteiger partial charge in [0.2, 0.25) is 5.91 Å². The van der Waals surface area contributed by atoms with Gasteiger partial charge in [0.25, 0.3) is 5.91 Å². The average Bonchev–Trinajstić information content (AvgIpc) is 3.69. The van der Waals surface area contributed by atoms with Gasteiger partial charge in [-0.1, -0.05) is 64.1 Å². The standard InChI is InChI=1S/C37H49N5O2S/c1-5-30(6-2)42-34-15-14-28(24-32(34)39-35(42)25-31-13-10-22-45-31)36(43)40-33(23-26(3)4)37(44)38-29-17-20-41(21-18-29)19-16-27-11-8-7-9-12-27/h7-15,22,24,26,29-30,33H,5-6,16-21,23,25H2,1-4H3,(H,38,44)(H,40,43)/t33-/m0/s1. The Morgan fingerprint density at radius 1 is 1.00 bits per heavy atom. The molecular formula is C37H49N5O2S. The summed E-state index contributed by atoms with van der Waals surface area (Å²) in [6.45, 7) is 11.6. The molecular weight excluding hydrogens is 579 g/mol. The van der Waals surface area contributed by atoms with Crippen LogP contribution < -0.4 is 10.6 Å². The maximum Gasteiger partial charge on any atom is 0.252 e. The van der Waals surface area contributed by atoms with Crippen molar-refractivity contribution in [1.82, 2.24) is 25.1 Å². The highest BCUT2D eigenvalue weighted by molar-refractivity contribution is 7.09. The molecule has 8 heteroatoms. The van der Waals surface area contributed by atoms with Crippen LogP contribution in [0.15, 0.2) is 66.0 Å². The third kappa shape index (κ3) is 8.61. The Balaban J connectivity index is 1.23. The van der Waals surface area contributed by atoms with Crippen LogP contribution in [0.5, 0.6) is 0 Å². The van der Waals surface area contributed by atoms with Gasteiger partial charge in [-0.25, -0.2) is 4.98 Å². The number of imidazole rings is 1. The lowest BCUT2D eigenvalue weighted by Crippen LogP contribution is -2.52. The van der Waals surface area contributed by atoms with Gasteiger partial charge in [-0.15, -0.1) is 11.3 Å². The third-order valence-corrected chi connectivity index (χ3v) is 9.94. The average molecular weight is 628 g/mol. The molecule has 3 heterocycles. The van der Waals surface area contributed by atoms with Gasteiger partial charge in [-0.05, 0) is 79.7 Å². The van der Waals surface area contributed by atoms with Gasteiger partial charge in [-0.2, -0.15) is 0 Å². The van der Waals surface area contributed by atoms with Crippen LogP contribution >= 0.6 is 11.3 Å². The lowest BCUT2D eigenvalue weighted by atomic mass is 10.00. The highest BCUT2D eigenvalue weighted by atomic mass is 32.1. The van der Waals surface area contributed by atoms with Crippen molar-refractivity contribution in [3.63, 3.8) is 0 Å². The number of benzene rings is 2. The minimum Gasteiger partial charge on any atom is -0.351 e. The van der Waals surface area contributed by atoms with E-state index in [2.05, 4.69) is 95.6 Å². The van der Waals surface area contributed by atoms with Crippen molar-refractivity contribution in [2.24, 2.45) is 5.92 Å². The van der Waals surface area contributed by atoms with E-state index in [4.69, 9.17) is 4.98 Å². The smallest absolute Gasteiger partial charge is 0.252 e. The van der Waals surface area contributed by atoms with Crippen LogP contribution in [0, 0.1) is 5.92 Å². The first kappa shape index (κ1) is 32.9. The first-order chi connectivity index (χ1) is 21.8. The van der Waals surface area contributed by atoms with E-state index in [0.29, 0.717) is 18.0 Å². The van der Waals surface area contributed by atoms with Crippen LogP contribution in [0.25, 0.3) is 11.0 Å². The number of likely N-dealkylation sites (tertiary alicyclic amines) is 1. The van der Waals surface area contributed by atoms with E-state index in [-0.39, 0.29) is 23.8 Å². The second-order valence-corrected chi connectivity index (χ2v) is 13.9. The topological polar surface area (TPSA) is 79.3 Å². The number of hydrogen-bond donors (Lipinski definition) is 2. The monoisotopic (exact) mass is 627 g/mol. The number of carbonyl (C=O) groups excluding carboxylic acids is 2. The maximum atomic E-state index is 13.6. The number of nitrogens with one attached hydrogen (secondary N) is 2. The second-order valence-electron chi connectivity index (χ2n) is 12.8. The van der Waals surface area contributed by atoms with E-state index < -0.39 is 6.04 Å². The van der Waals surface area contributed by atoms with Crippen molar-refractivity contribution in [3.05, 3.63) is 87.9 Å². The molecule has 4 aromatic rings. The zero-order valence-electron chi connectivity index (χ0n) is 27.3. The summed E-state index contributed by atoms with van der Waals surface area (Å²) < 4.78 is 2.36.